The number of fused-ring (bicyclic) bond motifs is 1. The number of nitrogens with two attached hydrogens (primary N) is 1. The highest BCUT2D eigenvalue weighted by molar-refractivity contribution is 5.85. The lowest BCUT2D eigenvalue weighted by Crippen LogP contribution is -2.36. The molecule has 17 heavy (non-hydrogen) atoms. The van der Waals surface area contributed by atoms with Crippen LogP contribution in [-0.2, 0) is 17.6 Å². The second-order valence-electron chi connectivity index (χ2n) is 3.99. The van der Waals surface area contributed by atoms with E-state index in [1.54, 1.807) is 0 Å². The largest absolute Gasteiger partial charge is 0.369 e. The molecule has 1 aliphatic rings. The van der Waals surface area contributed by atoms with Gasteiger partial charge in [-0.05, 0) is 36.1 Å². The molecular weight excluding hydrogens is 250 g/mol. The Morgan fingerprint density at radius 1 is 1.29 bits per heavy atom. The summed E-state index contributed by atoms with van der Waals surface area (Å²) in [7, 11) is 0. The Kier molecular flexibility index (Phi) is 4.42. The lowest BCUT2D eigenvalue weighted by Gasteiger charge is -2.09. The van der Waals surface area contributed by atoms with E-state index in [1.165, 1.54) is 12.1 Å². The van der Waals surface area contributed by atoms with Gasteiger partial charge in [0.1, 0.15) is 0 Å². The molecule has 0 saturated carbocycles. The van der Waals surface area contributed by atoms with Crippen LogP contribution in [0.4, 0.5) is 8.78 Å². The Bertz CT molecular complexity index is 409. The highest BCUT2D eigenvalue weighted by atomic mass is 35.5. The first kappa shape index (κ1) is 13.9. The third kappa shape index (κ3) is 3.14. The summed E-state index contributed by atoms with van der Waals surface area (Å²) >= 11 is 0. The second-order valence-corrected chi connectivity index (χ2v) is 3.99. The summed E-state index contributed by atoms with van der Waals surface area (Å²) < 4.78 is 25.9. The van der Waals surface area contributed by atoms with Crippen molar-refractivity contribution in [2.45, 2.75) is 18.9 Å². The first-order chi connectivity index (χ1) is 7.56. The first-order valence-electron chi connectivity index (χ1n) is 5.04. The Hall–Kier alpha value is -1.20. The standard InChI is InChI=1S/C11H12F2N2O.ClH/c12-9-3-6-1-8(15-5-11(14)16)2-7(6)4-10(9)13;/h3-4,8,15H,1-2,5H2,(H2,14,16);1H. The number of hydrogen-bond acceptors (Lipinski definition) is 2. The number of amides is 1. The van der Waals surface area contributed by atoms with Gasteiger partial charge in [0.25, 0.3) is 0 Å². The topological polar surface area (TPSA) is 55.1 Å². The minimum absolute atomic E-state index is 0. The van der Waals surface area contributed by atoms with Crippen molar-refractivity contribution in [2.24, 2.45) is 5.73 Å². The molecule has 3 N–H and O–H groups in total. The van der Waals surface area contributed by atoms with Crippen LogP contribution in [0.5, 0.6) is 0 Å². The summed E-state index contributed by atoms with van der Waals surface area (Å²) in [5.41, 5.74) is 6.59. The molecular formula is C11H13ClF2N2O. The monoisotopic (exact) mass is 262 g/mol. The summed E-state index contributed by atoms with van der Waals surface area (Å²) in [6.45, 7) is 0.0869. The molecule has 94 valence electrons. The maximum Gasteiger partial charge on any atom is 0.231 e. The van der Waals surface area contributed by atoms with E-state index >= 15 is 0 Å². The van der Waals surface area contributed by atoms with Crippen LogP contribution in [0, 0.1) is 11.6 Å². The SMILES string of the molecule is Cl.NC(=O)CNC1Cc2cc(F)c(F)cc2C1. The maximum atomic E-state index is 12.9. The van der Waals surface area contributed by atoms with Crippen molar-refractivity contribution in [3.8, 4) is 0 Å². The van der Waals surface area contributed by atoms with Crippen molar-refractivity contribution < 1.29 is 13.6 Å². The fourth-order valence-corrected chi connectivity index (χ4v) is 2.00. The van der Waals surface area contributed by atoms with Gasteiger partial charge in [-0.1, -0.05) is 0 Å². The minimum atomic E-state index is -0.825. The van der Waals surface area contributed by atoms with E-state index in [1.807, 2.05) is 0 Å². The molecule has 0 bridgehead atoms. The fraction of sp³-hybridized carbons (Fsp3) is 0.364. The number of primary amides is 1. The van der Waals surface area contributed by atoms with Crippen LogP contribution in [0.3, 0.4) is 0 Å². The second kappa shape index (κ2) is 5.42. The van der Waals surface area contributed by atoms with Gasteiger partial charge in [-0.3, -0.25) is 4.79 Å². The van der Waals surface area contributed by atoms with E-state index in [0.717, 1.165) is 11.1 Å². The fourth-order valence-electron chi connectivity index (χ4n) is 2.00. The molecule has 0 aliphatic heterocycles. The molecule has 6 heteroatoms. The molecule has 0 heterocycles. The zero-order valence-electron chi connectivity index (χ0n) is 9.00. The van der Waals surface area contributed by atoms with Gasteiger partial charge in [-0.25, -0.2) is 8.78 Å². The summed E-state index contributed by atoms with van der Waals surface area (Å²) in [5.74, 6) is -2.09. The third-order valence-corrected chi connectivity index (χ3v) is 2.74. The van der Waals surface area contributed by atoms with Gasteiger partial charge in [0, 0.05) is 6.04 Å². The zero-order chi connectivity index (χ0) is 11.7. The van der Waals surface area contributed by atoms with E-state index < -0.39 is 17.5 Å². The summed E-state index contributed by atoms with van der Waals surface area (Å²) in [4.78, 5) is 10.6. The number of benzene rings is 1. The Morgan fingerprint density at radius 3 is 2.18 bits per heavy atom. The highest BCUT2D eigenvalue weighted by Gasteiger charge is 2.23. The molecule has 0 aromatic heterocycles. The van der Waals surface area contributed by atoms with Gasteiger partial charge in [0.05, 0.1) is 6.54 Å². The third-order valence-electron chi connectivity index (χ3n) is 2.74. The smallest absolute Gasteiger partial charge is 0.231 e. The van der Waals surface area contributed by atoms with Gasteiger partial charge < -0.3 is 11.1 Å². The Balaban J connectivity index is 0.00000144. The van der Waals surface area contributed by atoms with Crippen LogP contribution < -0.4 is 11.1 Å². The van der Waals surface area contributed by atoms with Crippen LogP contribution in [-0.4, -0.2) is 18.5 Å². The molecule has 1 aliphatic carbocycles. The van der Waals surface area contributed by atoms with Crippen molar-refractivity contribution >= 4 is 18.3 Å². The molecule has 0 unspecified atom stereocenters. The van der Waals surface area contributed by atoms with Crippen LogP contribution in [0.1, 0.15) is 11.1 Å². The first-order valence-corrected chi connectivity index (χ1v) is 5.04. The molecule has 0 atom stereocenters. The van der Waals surface area contributed by atoms with Gasteiger partial charge in [-0.2, -0.15) is 0 Å². The average molecular weight is 263 g/mol. The lowest BCUT2D eigenvalue weighted by atomic mass is 10.1. The van der Waals surface area contributed by atoms with E-state index in [9.17, 15) is 13.6 Å². The molecule has 2 rings (SSSR count). The van der Waals surface area contributed by atoms with E-state index in [-0.39, 0.29) is 25.0 Å². The number of halogens is 3. The molecule has 0 radical (unpaired) electrons. The number of rotatable bonds is 3. The van der Waals surface area contributed by atoms with Crippen LogP contribution >= 0.6 is 12.4 Å². The molecule has 0 spiro atoms. The van der Waals surface area contributed by atoms with E-state index in [2.05, 4.69) is 5.32 Å². The Labute approximate surface area is 104 Å². The van der Waals surface area contributed by atoms with Crippen molar-refractivity contribution in [3.05, 3.63) is 34.9 Å². The summed E-state index contributed by atoms with van der Waals surface area (Å²) in [6, 6.07) is 2.47. The van der Waals surface area contributed by atoms with Gasteiger partial charge in [0.15, 0.2) is 11.6 Å². The van der Waals surface area contributed by atoms with Crippen molar-refractivity contribution in [3.63, 3.8) is 0 Å². The van der Waals surface area contributed by atoms with Gasteiger partial charge in [-0.15, -0.1) is 12.4 Å². The number of nitrogens with one attached hydrogen (secondary N) is 1. The predicted molar refractivity (Wildman–Crippen MR) is 62.0 cm³/mol. The molecule has 0 fully saturated rings. The molecule has 3 nitrogen and oxygen atoms in total. The number of carbonyl (C=O) groups excluding carboxylic acids is 1. The minimum Gasteiger partial charge on any atom is -0.369 e. The number of carbonyl (C=O) groups is 1. The summed E-state index contributed by atoms with van der Waals surface area (Å²) in [5, 5.41) is 2.95. The average Bonchev–Trinajstić information content (AvgIpc) is 2.58. The van der Waals surface area contributed by atoms with E-state index in [4.69, 9.17) is 5.73 Å². The van der Waals surface area contributed by atoms with Crippen LogP contribution in [0.2, 0.25) is 0 Å². The van der Waals surface area contributed by atoms with Crippen molar-refractivity contribution in [1.29, 1.82) is 0 Å². The number of hydrogen-bond donors (Lipinski definition) is 2. The zero-order valence-corrected chi connectivity index (χ0v) is 9.82. The quantitative estimate of drug-likeness (QED) is 0.851. The molecule has 1 aromatic rings. The molecule has 1 aromatic carbocycles. The molecule has 0 saturated heterocycles. The van der Waals surface area contributed by atoms with Gasteiger partial charge >= 0.3 is 0 Å². The van der Waals surface area contributed by atoms with Gasteiger partial charge in [0.2, 0.25) is 5.91 Å². The van der Waals surface area contributed by atoms with E-state index in [0.29, 0.717) is 12.8 Å². The maximum absolute atomic E-state index is 12.9. The van der Waals surface area contributed by atoms with Crippen molar-refractivity contribution in [2.75, 3.05) is 6.54 Å². The predicted octanol–water partition coefficient (Wildman–Crippen LogP) is 0.929. The van der Waals surface area contributed by atoms with Crippen molar-refractivity contribution in [1.82, 2.24) is 5.32 Å². The normalized spacial score (nSPS) is 14.2. The molecule has 1 amide bonds. The van der Waals surface area contributed by atoms with Crippen LogP contribution in [0.25, 0.3) is 0 Å². The Morgan fingerprint density at radius 2 is 1.76 bits per heavy atom. The highest BCUT2D eigenvalue weighted by Crippen LogP contribution is 2.24. The van der Waals surface area contributed by atoms with Crippen LogP contribution in [0.15, 0.2) is 12.1 Å². The lowest BCUT2D eigenvalue weighted by molar-refractivity contribution is -0.117. The summed E-state index contributed by atoms with van der Waals surface area (Å²) in [6.07, 6.45) is 1.19.